The normalized spacial score (nSPS) is 24.5. The molecule has 17 nitrogen and oxygen atoms in total. The van der Waals surface area contributed by atoms with Crippen molar-refractivity contribution < 1.29 is 38.6 Å². The standard InChI is InChI=1S/C42H57N9O8/c1-41(46-36(53)27-43-3)20-7-8-21-44-35(52)19-16-31-28-50(49-48-31)22-10-24-59-32-17-14-29(15-18-32)25-33(38(55)56)45-39(57)42(2,26-30-11-5-4-6-12-30)47-37(54)34-13-9-23-51(34)40(41)58/h4-6,11-12,14-15,17-18,28,33-34,43H,7-10,13,16,19-27H2,1-3H3,(H,44,52)(H,45,57)(H,46,53)(H,47,54)(H,55,56)/t33-,34-,41?,42?/m0/s1. The Bertz CT molecular complexity index is 1920. The van der Waals surface area contributed by atoms with E-state index in [0.29, 0.717) is 75.2 Å². The minimum Gasteiger partial charge on any atom is -0.494 e. The number of hydrogen-bond acceptors (Lipinski definition) is 10. The number of hydrogen-bond donors (Lipinski definition) is 6. The number of carboxylic acids is 1. The van der Waals surface area contributed by atoms with Crippen LogP contribution in [0.3, 0.4) is 0 Å². The van der Waals surface area contributed by atoms with E-state index in [1.54, 1.807) is 68.2 Å². The summed E-state index contributed by atoms with van der Waals surface area (Å²) in [5.41, 5.74) is -0.937. The molecule has 17 heteroatoms. The fourth-order valence-electron chi connectivity index (χ4n) is 7.49. The largest absolute Gasteiger partial charge is 0.494 e. The molecule has 59 heavy (non-hydrogen) atoms. The number of likely N-dealkylation sites (N-methyl/N-ethyl adjacent to an activating group) is 1. The number of aromatic nitrogens is 3. The SMILES string of the molecule is CNCC(=O)NC1(C)CCCCNC(=O)CCc2cn(nn2)CCCOc2ccc(cc2)C[C@@H](C(=O)O)NC(=O)C(C)(Cc2ccccc2)NC(=O)[C@@H]2CCCN2C1=O. The van der Waals surface area contributed by atoms with Crippen LogP contribution in [0.5, 0.6) is 5.75 Å². The molecule has 0 spiro atoms. The third-order valence-electron chi connectivity index (χ3n) is 10.7. The van der Waals surface area contributed by atoms with Crippen LogP contribution in [0.2, 0.25) is 0 Å². The van der Waals surface area contributed by atoms with Gasteiger partial charge in [-0.25, -0.2) is 4.79 Å². The Morgan fingerprint density at radius 1 is 0.966 bits per heavy atom. The van der Waals surface area contributed by atoms with Crippen LogP contribution in [0, 0.1) is 0 Å². The van der Waals surface area contributed by atoms with Crippen molar-refractivity contribution in [3.63, 3.8) is 0 Å². The van der Waals surface area contributed by atoms with Crippen LogP contribution in [0.25, 0.3) is 0 Å². The highest BCUT2D eigenvalue weighted by atomic mass is 16.5. The van der Waals surface area contributed by atoms with E-state index in [0.717, 1.165) is 5.56 Å². The van der Waals surface area contributed by atoms with Crippen molar-refractivity contribution in [2.45, 2.75) is 108 Å². The van der Waals surface area contributed by atoms with E-state index in [-0.39, 0.29) is 44.7 Å². The molecule has 4 bridgehead atoms. The average Bonchev–Trinajstić information content (AvgIpc) is 3.89. The molecule has 3 aliphatic heterocycles. The molecule has 2 aromatic carbocycles. The number of nitrogens with one attached hydrogen (secondary N) is 5. The summed E-state index contributed by atoms with van der Waals surface area (Å²) in [5.74, 6) is -2.90. The quantitative estimate of drug-likeness (QED) is 0.208. The fourth-order valence-corrected chi connectivity index (χ4v) is 7.49. The highest BCUT2D eigenvalue weighted by Crippen LogP contribution is 2.26. The first-order valence-corrected chi connectivity index (χ1v) is 20.3. The molecule has 0 saturated carbocycles. The zero-order valence-electron chi connectivity index (χ0n) is 34.1. The van der Waals surface area contributed by atoms with Gasteiger partial charge in [-0.1, -0.05) is 47.7 Å². The van der Waals surface area contributed by atoms with Crippen molar-refractivity contribution in [3.8, 4) is 5.75 Å². The second kappa shape index (κ2) is 20.7. The summed E-state index contributed by atoms with van der Waals surface area (Å²) < 4.78 is 7.59. The molecule has 6 N–H and O–H groups in total. The van der Waals surface area contributed by atoms with Crippen molar-refractivity contribution in [2.24, 2.45) is 0 Å². The number of benzene rings is 2. The second-order valence-corrected chi connectivity index (χ2v) is 15.7. The maximum atomic E-state index is 14.4. The number of aliphatic carboxylic acids is 1. The Balaban J connectivity index is 1.40. The van der Waals surface area contributed by atoms with Crippen LogP contribution < -0.4 is 31.3 Å². The monoisotopic (exact) mass is 815 g/mol. The van der Waals surface area contributed by atoms with Gasteiger partial charge in [-0.2, -0.15) is 0 Å². The van der Waals surface area contributed by atoms with E-state index in [1.807, 2.05) is 18.2 Å². The lowest BCUT2D eigenvalue weighted by molar-refractivity contribution is -0.147. The van der Waals surface area contributed by atoms with Crippen LogP contribution in [0.1, 0.15) is 75.6 Å². The molecule has 5 amide bonds. The predicted molar refractivity (Wildman–Crippen MR) is 217 cm³/mol. The summed E-state index contributed by atoms with van der Waals surface area (Å²) in [6.45, 7) is 4.73. The molecule has 2 unspecified atom stereocenters. The van der Waals surface area contributed by atoms with Crippen LogP contribution in [0.4, 0.5) is 0 Å². The summed E-state index contributed by atoms with van der Waals surface area (Å²) in [6.07, 6.45) is 5.18. The van der Waals surface area contributed by atoms with Gasteiger partial charge < -0.3 is 41.3 Å². The number of ether oxygens (including phenoxy) is 1. The van der Waals surface area contributed by atoms with Crippen molar-refractivity contribution in [1.29, 1.82) is 0 Å². The highest BCUT2D eigenvalue weighted by molar-refractivity contribution is 5.98. The first-order chi connectivity index (χ1) is 28.3. The minimum absolute atomic E-state index is 0.0272. The fraction of sp³-hybridized carbons (Fsp3) is 0.524. The zero-order valence-corrected chi connectivity index (χ0v) is 34.1. The van der Waals surface area contributed by atoms with E-state index in [1.165, 1.54) is 4.90 Å². The maximum absolute atomic E-state index is 14.4. The summed E-state index contributed by atoms with van der Waals surface area (Å²) >= 11 is 0. The molecule has 3 aromatic rings. The number of fused-ring (bicyclic) bond motifs is 20. The first-order valence-electron chi connectivity index (χ1n) is 20.3. The van der Waals surface area contributed by atoms with Gasteiger partial charge in [0.2, 0.25) is 29.5 Å². The van der Waals surface area contributed by atoms with Gasteiger partial charge in [-0.3, -0.25) is 28.7 Å². The number of carbonyl (C=O) groups is 6. The summed E-state index contributed by atoms with van der Waals surface area (Å²) in [7, 11) is 1.62. The summed E-state index contributed by atoms with van der Waals surface area (Å²) in [6, 6.07) is 13.7. The van der Waals surface area contributed by atoms with Gasteiger partial charge in [-0.15, -0.1) is 5.10 Å². The molecule has 1 aromatic heterocycles. The van der Waals surface area contributed by atoms with Crippen LogP contribution >= 0.6 is 0 Å². The number of amides is 5. The Hall–Kier alpha value is -5.84. The molecule has 6 rings (SSSR count). The van der Waals surface area contributed by atoms with Crippen molar-refractivity contribution in [2.75, 3.05) is 33.3 Å². The van der Waals surface area contributed by atoms with Crippen molar-refractivity contribution in [1.82, 2.24) is 46.5 Å². The molecular formula is C42H57N9O8. The topological polar surface area (TPSA) is 226 Å². The molecule has 4 atom stereocenters. The van der Waals surface area contributed by atoms with E-state index in [9.17, 15) is 33.9 Å². The molecule has 1 fully saturated rings. The first kappa shape index (κ1) is 44.3. The van der Waals surface area contributed by atoms with E-state index in [4.69, 9.17) is 4.74 Å². The molecule has 4 heterocycles. The lowest BCUT2D eigenvalue weighted by Gasteiger charge is -2.37. The molecule has 3 aliphatic rings. The van der Waals surface area contributed by atoms with Gasteiger partial charge in [0, 0.05) is 57.9 Å². The van der Waals surface area contributed by atoms with Gasteiger partial charge in [0.15, 0.2) is 0 Å². The van der Waals surface area contributed by atoms with Crippen LogP contribution in [-0.4, -0.2) is 117 Å². The van der Waals surface area contributed by atoms with Crippen molar-refractivity contribution >= 4 is 35.5 Å². The van der Waals surface area contributed by atoms with Crippen LogP contribution in [0.15, 0.2) is 60.8 Å². The van der Waals surface area contributed by atoms with Gasteiger partial charge >= 0.3 is 5.97 Å². The van der Waals surface area contributed by atoms with Gasteiger partial charge in [0.05, 0.1) is 18.8 Å². The molecule has 0 aliphatic carbocycles. The number of nitrogens with zero attached hydrogens (tertiary/aromatic N) is 4. The number of carbonyl (C=O) groups excluding carboxylic acids is 5. The summed E-state index contributed by atoms with van der Waals surface area (Å²) in [4.78, 5) is 82.5. The van der Waals surface area contributed by atoms with E-state index >= 15 is 0 Å². The van der Waals surface area contributed by atoms with E-state index in [2.05, 4.69) is 36.9 Å². The lowest BCUT2D eigenvalue weighted by atomic mass is 9.90. The second-order valence-electron chi connectivity index (χ2n) is 15.7. The van der Waals surface area contributed by atoms with Gasteiger partial charge in [0.1, 0.15) is 28.9 Å². The predicted octanol–water partition coefficient (Wildman–Crippen LogP) is 1.29. The Kier molecular flexibility index (Phi) is 15.6. The molecular weight excluding hydrogens is 759 g/mol. The number of rotatable bonds is 6. The highest BCUT2D eigenvalue weighted by Gasteiger charge is 2.46. The molecule has 0 radical (unpaired) electrons. The Morgan fingerprint density at radius 2 is 1.73 bits per heavy atom. The third-order valence-corrected chi connectivity index (χ3v) is 10.7. The van der Waals surface area contributed by atoms with Crippen LogP contribution in [-0.2, 0) is 54.6 Å². The summed E-state index contributed by atoms with van der Waals surface area (Å²) in [5, 5.41) is 32.8. The smallest absolute Gasteiger partial charge is 0.326 e. The number of carboxylic acid groups (broad SMARTS) is 1. The average molecular weight is 816 g/mol. The third kappa shape index (κ3) is 12.6. The number of aryl methyl sites for hydroxylation is 2. The Morgan fingerprint density at radius 3 is 2.46 bits per heavy atom. The van der Waals surface area contributed by atoms with Crippen molar-refractivity contribution in [3.05, 3.63) is 77.6 Å². The van der Waals surface area contributed by atoms with Gasteiger partial charge in [-0.05, 0) is 76.3 Å². The zero-order chi connectivity index (χ0) is 42.4. The van der Waals surface area contributed by atoms with E-state index < -0.39 is 52.8 Å². The van der Waals surface area contributed by atoms with Gasteiger partial charge in [0.25, 0.3) is 0 Å². The molecule has 318 valence electrons. The lowest BCUT2D eigenvalue weighted by Crippen LogP contribution is -2.65. The maximum Gasteiger partial charge on any atom is 0.326 e. The molecule has 1 saturated heterocycles. The minimum atomic E-state index is -1.62. The Labute approximate surface area is 344 Å².